The molecule has 7 heteroatoms. The molecular formula is C8H5BrF3NO2. The Balaban J connectivity index is 3.15. The monoisotopic (exact) mass is 283 g/mol. The lowest BCUT2D eigenvalue weighted by Gasteiger charge is -2.07. The van der Waals surface area contributed by atoms with Gasteiger partial charge in [-0.05, 0) is 28.1 Å². The Morgan fingerprint density at radius 2 is 2.07 bits per heavy atom. The average Bonchev–Trinajstić information content (AvgIpc) is 2.15. The van der Waals surface area contributed by atoms with Gasteiger partial charge in [-0.15, -0.1) is 0 Å². The van der Waals surface area contributed by atoms with Crippen molar-refractivity contribution in [1.82, 2.24) is 4.98 Å². The topological polar surface area (TPSA) is 39.2 Å². The number of alkyl halides is 3. The van der Waals surface area contributed by atoms with Crippen molar-refractivity contribution < 1.29 is 22.7 Å². The molecule has 15 heavy (non-hydrogen) atoms. The molecule has 0 saturated carbocycles. The van der Waals surface area contributed by atoms with Gasteiger partial charge in [-0.3, -0.25) is 0 Å². The number of rotatable bonds is 1. The summed E-state index contributed by atoms with van der Waals surface area (Å²) in [6.45, 7) is 0. The van der Waals surface area contributed by atoms with Crippen LogP contribution in [0, 0.1) is 0 Å². The van der Waals surface area contributed by atoms with Crippen molar-refractivity contribution in [2.45, 2.75) is 6.18 Å². The van der Waals surface area contributed by atoms with Gasteiger partial charge in [-0.25, -0.2) is 9.78 Å². The van der Waals surface area contributed by atoms with Gasteiger partial charge in [0.1, 0.15) is 10.3 Å². The van der Waals surface area contributed by atoms with E-state index in [-0.39, 0.29) is 10.2 Å². The quantitative estimate of drug-likeness (QED) is 0.588. The SMILES string of the molecule is COC(=O)c1ccc(C(F)(F)F)nc1Br. The summed E-state index contributed by atoms with van der Waals surface area (Å²) in [5, 5.41) is 0. The number of hydrogen-bond donors (Lipinski definition) is 0. The van der Waals surface area contributed by atoms with E-state index in [9.17, 15) is 18.0 Å². The molecular weight excluding hydrogens is 279 g/mol. The van der Waals surface area contributed by atoms with E-state index in [0.717, 1.165) is 19.2 Å². The van der Waals surface area contributed by atoms with E-state index >= 15 is 0 Å². The first-order valence-electron chi connectivity index (χ1n) is 3.68. The van der Waals surface area contributed by atoms with E-state index in [2.05, 4.69) is 25.7 Å². The van der Waals surface area contributed by atoms with Crippen LogP contribution in [-0.4, -0.2) is 18.1 Å². The summed E-state index contributed by atoms with van der Waals surface area (Å²) in [6.07, 6.45) is -4.53. The second-order valence-electron chi connectivity index (χ2n) is 2.52. The molecule has 1 aromatic rings. The first-order valence-corrected chi connectivity index (χ1v) is 4.47. The third kappa shape index (κ3) is 2.68. The molecule has 0 aliphatic carbocycles. The van der Waals surface area contributed by atoms with Gasteiger partial charge in [0.15, 0.2) is 0 Å². The Kier molecular flexibility index (Phi) is 3.33. The van der Waals surface area contributed by atoms with Crippen molar-refractivity contribution in [2.75, 3.05) is 7.11 Å². The van der Waals surface area contributed by atoms with Crippen molar-refractivity contribution >= 4 is 21.9 Å². The van der Waals surface area contributed by atoms with Gasteiger partial charge in [0.05, 0.1) is 12.7 Å². The fraction of sp³-hybridized carbons (Fsp3) is 0.250. The van der Waals surface area contributed by atoms with Crippen LogP contribution in [0.4, 0.5) is 13.2 Å². The standard InChI is InChI=1S/C8H5BrF3NO2/c1-15-7(14)4-2-3-5(8(10,11)12)13-6(4)9/h2-3H,1H3. The molecule has 0 aromatic carbocycles. The lowest BCUT2D eigenvalue weighted by molar-refractivity contribution is -0.141. The largest absolute Gasteiger partial charge is 0.465 e. The molecule has 0 saturated heterocycles. The van der Waals surface area contributed by atoms with Gasteiger partial charge in [-0.1, -0.05) is 0 Å². The summed E-state index contributed by atoms with van der Waals surface area (Å²) in [4.78, 5) is 14.2. The summed E-state index contributed by atoms with van der Waals surface area (Å²) in [5.74, 6) is -0.747. The maximum Gasteiger partial charge on any atom is 0.433 e. The predicted octanol–water partition coefficient (Wildman–Crippen LogP) is 2.65. The van der Waals surface area contributed by atoms with Gasteiger partial charge in [0.2, 0.25) is 0 Å². The van der Waals surface area contributed by atoms with E-state index < -0.39 is 17.8 Å². The maximum absolute atomic E-state index is 12.2. The summed E-state index contributed by atoms with van der Waals surface area (Å²) in [7, 11) is 1.13. The molecule has 0 N–H and O–H groups in total. The fourth-order valence-corrected chi connectivity index (χ4v) is 1.34. The van der Waals surface area contributed by atoms with Gasteiger partial charge in [-0.2, -0.15) is 13.2 Å². The first-order chi connectivity index (χ1) is 6.86. The molecule has 0 spiro atoms. The Hall–Kier alpha value is -1.11. The van der Waals surface area contributed by atoms with Crippen LogP contribution < -0.4 is 0 Å². The fourth-order valence-electron chi connectivity index (χ4n) is 0.854. The number of carbonyl (C=O) groups is 1. The van der Waals surface area contributed by atoms with E-state index in [4.69, 9.17) is 0 Å². The molecule has 0 bridgehead atoms. The number of aromatic nitrogens is 1. The minimum absolute atomic E-state index is 0.0505. The third-order valence-corrected chi connectivity index (χ3v) is 2.15. The molecule has 3 nitrogen and oxygen atoms in total. The Morgan fingerprint density at radius 1 is 1.47 bits per heavy atom. The number of methoxy groups -OCH3 is 1. The molecule has 82 valence electrons. The molecule has 1 heterocycles. The smallest absolute Gasteiger partial charge is 0.433 e. The Bertz CT molecular complexity index is 392. The van der Waals surface area contributed by atoms with E-state index in [1.807, 2.05) is 0 Å². The van der Waals surface area contributed by atoms with Gasteiger partial charge in [0.25, 0.3) is 0 Å². The predicted molar refractivity (Wildman–Crippen MR) is 48.3 cm³/mol. The lowest BCUT2D eigenvalue weighted by atomic mass is 10.2. The minimum Gasteiger partial charge on any atom is -0.465 e. The number of halogens is 4. The van der Waals surface area contributed by atoms with Gasteiger partial charge in [0, 0.05) is 0 Å². The first kappa shape index (κ1) is 12.0. The number of pyridine rings is 1. The van der Waals surface area contributed by atoms with Crippen LogP contribution in [0.3, 0.4) is 0 Å². The summed E-state index contributed by atoms with van der Waals surface area (Å²) in [6, 6.07) is 1.72. The van der Waals surface area contributed by atoms with Crippen LogP contribution >= 0.6 is 15.9 Å². The highest BCUT2D eigenvalue weighted by Gasteiger charge is 2.33. The zero-order chi connectivity index (χ0) is 11.6. The van der Waals surface area contributed by atoms with Crippen molar-refractivity contribution in [3.63, 3.8) is 0 Å². The van der Waals surface area contributed by atoms with Crippen LogP contribution in [0.25, 0.3) is 0 Å². The number of hydrogen-bond acceptors (Lipinski definition) is 3. The van der Waals surface area contributed by atoms with Crippen LogP contribution in [0.5, 0.6) is 0 Å². The molecule has 1 rings (SSSR count). The van der Waals surface area contributed by atoms with Crippen molar-refractivity contribution in [2.24, 2.45) is 0 Å². The Labute approximate surface area is 91.4 Å². The number of nitrogens with zero attached hydrogens (tertiary/aromatic N) is 1. The summed E-state index contributed by atoms with van der Waals surface area (Å²) < 4.78 is 40.7. The molecule has 0 aliphatic heterocycles. The van der Waals surface area contributed by atoms with E-state index in [1.165, 1.54) is 0 Å². The normalized spacial score (nSPS) is 11.3. The molecule has 0 radical (unpaired) electrons. The van der Waals surface area contributed by atoms with Gasteiger partial charge >= 0.3 is 12.1 Å². The number of ether oxygens (including phenoxy) is 1. The second kappa shape index (κ2) is 4.18. The van der Waals surface area contributed by atoms with Crippen molar-refractivity contribution in [3.05, 3.63) is 28.0 Å². The average molecular weight is 284 g/mol. The van der Waals surface area contributed by atoms with Crippen molar-refractivity contribution in [3.8, 4) is 0 Å². The minimum atomic E-state index is -4.53. The van der Waals surface area contributed by atoms with E-state index in [0.29, 0.717) is 0 Å². The second-order valence-corrected chi connectivity index (χ2v) is 3.28. The highest BCUT2D eigenvalue weighted by molar-refractivity contribution is 9.10. The molecule has 0 fully saturated rings. The van der Waals surface area contributed by atoms with Crippen LogP contribution in [0.2, 0.25) is 0 Å². The molecule has 0 aliphatic rings. The number of esters is 1. The summed E-state index contributed by atoms with van der Waals surface area (Å²) >= 11 is 2.77. The van der Waals surface area contributed by atoms with Gasteiger partial charge < -0.3 is 4.74 Å². The highest BCUT2D eigenvalue weighted by Crippen LogP contribution is 2.29. The van der Waals surface area contributed by atoms with Crippen LogP contribution in [0.1, 0.15) is 16.1 Å². The third-order valence-electron chi connectivity index (χ3n) is 1.54. The highest BCUT2D eigenvalue weighted by atomic mass is 79.9. The van der Waals surface area contributed by atoms with Crippen LogP contribution in [-0.2, 0) is 10.9 Å². The maximum atomic E-state index is 12.2. The number of carbonyl (C=O) groups excluding carboxylic acids is 1. The molecule has 0 atom stereocenters. The molecule has 1 aromatic heterocycles. The lowest BCUT2D eigenvalue weighted by Crippen LogP contribution is -2.11. The zero-order valence-electron chi connectivity index (χ0n) is 7.43. The van der Waals surface area contributed by atoms with Crippen molar-refractivity contribution in [1.29, 1.82) is 0 Å². The zero-order valence-corrected chi connectivity index (χ0v) is 9.02. The summed E-state index contributed by atoms with van der Waals surface area (Å²) in [5.41, 5.74) is -1.12. The Morgan fingerprint density at radius 3 is 2.47 bits per heavy atom. The molecule has 0 unspecified atom stereocenters. The molecule has 0 amide bonds. The van der Waals surface area contributed by atoms with E-state index in [1.54, 1.807) is 0 Å². The van der Waals surface area contributed by atoms with Crippen LogP contribution in [0.15, 0.2) is 16.7 Å².